The summed E-state index contributed by atoms with van der Waals surface area (Å²) in [5, 5.41) is 10.6. The lowest BCUT2D eigenvalue weighted by atomic mass is 9.84. The minimum atomic E-state index is -1.74. The van der Waals surface area contributed by atoms with E-state index in [2.05, 4.69) is 0 Å². The van der Waals surface area contributed by atoms with Crippen molar-refractivity contribution in [1.82, 2.24) is 0 Å². The highest BCUT2D eigenvalue weighted by Gasteiger charge is 2.58. The Kier molecular flexibility index (Phi) is 7.70. The summed E-state index contributed by atoms with van der Waals surface area (Å²) in [6, 6.07) is 0. The fourth-order valence-electron chi connectivity index (χ4n) is 2.77. The molecule has 1 fully saturated rings. The van der Waals surface area contributed by atoms with Crippen LogP contribution in [0, 0.1) is 0 Å². The summed E-state index contributed by atoms with van der Waals surface area (Å²) in [7, 11) is 0. The first-order chi connectivity index (χ1) is 12.4. The Balaban J connectivity index is 3.46. The largest absolute Gasteiger partial charge is 0.455 e. The van der Waals surface area contributed by atoms with E-state index in [-0.39, 0.29) is 0 Å². The second kappa shape index (κ2) is 9.31. The maximum absolute atomic E-state index is 11.5. The normalized spacial score (nSPS) is 29.9. The smallest absolute Gasteiger partial charge is 0.303 e. The molecule has 1 aliphatic carbocycles. The molecule has 0 aromatic heterocycles. The van der Waals surface area contributed by atoms with Gasteiger partial charge in [0.2, 0.25) is 0 Å². The molecule has 0 bridgehead atoms. The monoisotopic (exact) mass is 390 g/mol. The molecule has 6 atom stereocenters. The molecule has 1 N–H and O–H groups in total. The van der Waals surface area contributed by atoms with Gasteiger partial charge in [0.25, 0.3) is 0 Å². The highest BCUT2D eigenvalue weighted by molar-refractivity contribution is 5.70. The number of esters is 5. The predicted octanol–water partition coefficient (Wildman–Crippen LogP) is -0.981. The van der Waals surface area contributed by atoms with Gasteiger partial charge in [-0.25, -0.2) is 0 Å². The summed E-state index contributed by atoms with van der Waals surface area (Å²) in [6.45, 7) is 5.21. The van der Waals surface area contributed by atoms with E-state index < -0.39 is 66.5 Å². The van der Waals surface area contributed by atoms with E-state index in [1.54, 1.807) is 0 Å². The van der Waals surface area contributed by atoms with Crippen LogP contribution in [0.4, 0.5) is 0 Å². The van der Waals surface area contributed by atoms with Gasteiger partial charge >= 0.3 is 29.8 Å². The van der Waals surface area contributed by atoms with E-state index >= 15 is 0 Å². The third-order valence-electron chi connectivity index (χ3n) is 3.48. The predicted molar refractivity (Wildman–Crippen MR) is 83.8 cm³/mol. The zero-order valence-electron chi connectivity index (χ0n) is 15.5. The Morgan fingerprint density at radius 2 is 0.667 bits per heavy atom. The molecule has 0 heterocycles. The Hall–Kier alpha value is -2.69. The molecule has 152 valence electrons. The van der Waals surface area contributed by atoms with E-state index in [1.807, 2.05) is 0 Å². The summed E-state index contributed by atoms with van der Waals surface area (Å²) in [5.41, 5.74) is 0. The maximum atomic E-state index is 11.5. The number of hydrogen-bond donors (Lipinski definition) is 1. The van der Waals surface area contributed by atoms with Crippen molar-refractivity contribution in [1.29, 1.82) is 0 Å². The van der Waals surface area contributed by atoms with Crippen LogP contribution in [0.2, 0.25) is 0 Å². The van der Waals surface area contributed by atoms with Gasteiger partial charge in [-0.1, -0.05) is 0 Å². The summed E-state index contributed by atoms with van der Waals surface area (Å²) in [4.78, 5) is 57.4. The van der Waals surface area contributed by atoms with Crippen LogP contribution in [-0.4, -0.2) is 71.6 Å². The third-order valence-corrected chi connectivity index (χ3v) is 3.48. The average molecular weight is 390 g/mol. The molecule has 0 spiro atoms. The molecule has 1 saturated carbocycles. The van der Waals surface area contributed by atoms with Gasteiger partial charge in [-0.05, 0) is 0 Å². The van der Waals surface area contributed by atoms with Crippen molar-refractivity contribution in [3.63, 3.8) is 0 Å². The molecule has 11 heteroatoms. The lowest BCUT2D eigenvalue weighted by molar-refractivity contribution is -0.255. The summed E-state index contributed by atoms with van der Waals surface area (Å²) < 4.78 is 25.2. The number of hydrogen-bond acceptors (Lipinski definition) is 11. The zero-order valence-corrected chi connectivity index (χ0v) is 15.5. The number of aliphatic hydroxyl groups excluding tert-OH is 1. The van der Waals surface area contributed by atoms with Crippen LogP contribution < -0.4 is 0 Å². The number of aliphatic hydroxyl groups is 1. The minimum Gasteiger partial charge on any atom is -0.455 e. The van der Waals surface area contributed by atoms with E-state index in [9.17, 15) is 29.1 Å². The van der Waals surface area contributed by atoms with Crippen LogP contribution in [0.1, 0.15) is 34.6 Å². The van der Waals surface area contributed by atoms with Crippen LogP contribution in [-0.2, 0) is 47.7 Å². The minimum absolute atomic E-state index is 0.839. The van der Waals surface area contributed by atoms with Crippen LogP contribution in [0.15, 0.2) is 0 Å². The second-order valence-electron chi connectivity index (χ2n) is 5.86. The quantitative estimate of drug-likeness (QED) is 0.455. The van der Waals surface area contributed by atoms with E-state index in [4.69, 9.17) is 23.7 Å². The van der Waals surface area contributed by atoms with Crippen molar-refractivity contribution in [3.05, 3.63) is 0 Å². The van der Waals surface area contributed by atoms with Gasteiger partial charge in [0.1, 0.15) is 6.10 Å². The Bertz CT molecular complexity index is 569. The van der Waals surface area contributed by atoms with Crippen LogP contribution >= 0.6 is 0 Å². The van der Waals surface area contributed by atoms with E-state index in [0.717, 1.165) is 34.6 Å². The summed E-state index contributed by atoms with van der Waals surface area (Å²) in [6.07, 6.45) is -9.37. The molecule has 0 amide bonds. The first-order valence-corrected chi connectivity index (χ1v) is 7.98. The first kappa shape index (κ1) is 22.4. The van der Waals surface area contributed by atoms with Gasteiger partial charge in [-0.15, -0.1) is 0 Å². The Morgan fingerprint density at radius 1 is 0.481 bits per heavy atom. The van der Waals surface area contributed by atoms with Gasteiger partial charge in [0.05, 0.1) is 0 Å². The van der Waals surface area contributed by atoms with E-state index in [0.29, 0.717) is 0 Å². The van der Waals surface area contributed by atoms with Gasteiger partial charge in [-0.2, -0.15) is 0 Å². The molecule has 1 rings (SSSR count). The maximum Gasteiger partial charge on any atom is 0.303 e. The average Bonchev–Trinajstić information content (AvgIpc) is 2.49. The Morgan fingerprint density at radius 3 is 0.889 bits per heavy atom. The van der Waals surface area contributed by atoms with Gasteiger partial charge in [0.15, 0.2) is 30.5 Å². The van der Waals surface area contributed by atoms with Crippen LogP contribution in [0.5, 0.6) is 0 Å². The van der Waals surface area contributed by atoms with Crippen LogP contribution in [0.25, 0.3) is 0 Å². The SMILES string of the molecule is CC(=O)O[C@@H]1[C@@H](OC(C)=O)[C@H](OC(C)=O)[C@H](O)[C@H](OC(C)=O)[C@H]1OC(C)=O. The second-order valence-corrected chi connectivity index (χ2v) is 5.86. The molecule has 0 radical (unpaired) electrons. The fourth-order valence-corrected chi connectivity index (χ4v) is 2.77. The lowest BCUT2D eigenvalue weighted by Crippen LogP contribution is -2.68. The molecule has 1 aliphatic rings. The van der Waals surface area contributed by atoms with Gasteiger partial charge < -0.3 is 28.8 Å². The lowest BCUT2D eigenvalue weighted by Gasteiger charge is -2.45. The fraction of sp³-hybridized carbons (Fsp3) is 0.688. The number of carbonyl (C=O) groups excluding carboxylic acids is 5. The number of ether oxygens (including phenoxy) is 5. The van der Waals surface area contributed by atoms with Gasteiger partial charge in [-0.3, -0.25) is 24.0 Å². The van der Waals surface area contributed by atoms with Crippen molar-refractivity contribution < 1.29 is 52.8 Å². The van der Waals surface area contributed by atoms with Crippen LogP contribution in [0.3, 0.4) is 0 Å². The molecule has 11 nitrogen and oxygen atoms in total. The molecule has 0 aromatic rings. The third kappa shape index (κ3) is 6.20. The molecule has 0 unspecified atom stereocenters. The van der Waals surface area contributed by atoms with Crippen molar-refractivity contribution >= 4 is 29.8 Å². The number of carbonyl (C=O) groups is 5. The topological polar surface area (TPSA) is 152 Å². The molecular formula is C16H22O11. The van der Waals surface area contributed by atoms with E-state index in [1.165, 1.54) is 0 Å². The summed E-state index contributed by atoms with van der Waals surface area (Å²) >= 11 is 0. The molecule has 0 aromatic carbocycles. The van der Waals surface area contributed by atoms with Gasteiger partial charge in [0, 0.05) is 34.6 Å². The first-order valence-electron chi connectivity index (χ1n) is 7.98. The highest BCUT2D eigenvalue weighted by atomic mass is 16.7. The molecule has 27 heavy (non-hydrogen) atoms. The molecular weight excluding hydrogens is 368 g/mol. The highest BCUT2D eigenvalue weighted by Crippen LogP contribution is 2.32. The molecule has 0 saturated heterocycles. The summed E-state index contributed by atoms with van der Waals surface area (Å²) in [5.74, 6) is -4.20. The number of rotatable bonds is 5. The standard InChI is InChI=1S/C16H22O11/c1-6(17)23-12-11(22)13(24-7(2)18)15(26-9(4)20)16(27-10(5)21)14(12)25-8(3)19/h11-16,22H,1-5H3/t11-,12+,13-,14-,15+,16+. The van der Waals surface area contributed by atoms with Crippen molar-refractivity contribution in [2.24, 2.45) is 0 Å². The zero-order chi connectivity index (χ0) is 20.9. The van der Waals surface area contributed by atoms with Crippen molar-refractivity contribution in [3.8, 4) is 0 Å². The Labute approximate surface area is 154 Å². The van der Waals surface area contributed by atoms with Crippen molar-refractivity contribution in [2.45, 2.75) is 71.2 Å². The van der Waals surface area contributed by atoms with Crippen molar-refractivity contribution in [2.75, 3.05) is 0 Å². The molecule has 0 aliphatic heterocycles.